The summed E-state index contributed by atoms with van der Waals surface area (Å²) in [6.45, 7) is 4.08. The molecule has 5 nitrogen and oxygen atoms in total. The van der Waals surface area contributed by atoms with Gasteiger partial charge in [-0.2, -0.15) is 0 Å². The summed E-state index contributed by atoms with van der Waals surface area (Å²) in [5.74, 6) is 0.573. The van der Waals surface area contributed by atoms with Gasteiger partial charge in [-0.05, 0) is 30.5 Å². The minimum Gasteiger partial charge on any atom is -0.497 e. The van der Waals surface area contributed by atoms with E-state index in [1.54, 1.807) is 7.11 Å². The lowest BCUT2D eigenvalue weighted by Gasteiger charge is -2.21. The molecule has 2 amide bonds. The third-order valence-corrected chi connectivity index (χ3v) is 3.55. The average Bonchev–Trinajstić information content (AvgIpc) is 2.57. The highest BCUT2D eigenvalue weighted by molar-refractivity contribution is 5.79. The van der Waals surface area contributed by atoms with Crippen LogP contribution in [-0.2, 0) is 9.59 Å². The topological polar surface area (TPSA) is 67.4 Å². The Labute approximate surface area is 138 Å². The molecule has 0 heterocycles. The fourth-order valence-corrected chi connectivity index (χ4v) is 2.16. The van der Waals surface area contributed by atoms with Gasteiger partial charge in [0.1, 0.15) is 11.9 Å². The van der Waals surface area contributed by atoms with Crippen molar-refractivity contribution in [1.82, 2.24) is 10.6 Å². The number of amides is 2. The molecule has 0 saturated carbocycles. The van der Waals surface area contributed by atoms with Crippen molar-refractivity contribution in [2.45, 2.75) is 58.5 Å². The summed E-state index contributed by atoms with van der Waals surface area (Å²) in [7, 11) is 1.59. The van der Waals surface area contributed by atoms with E-state index in [1.807, 2.05) is 38.1 Å². The second-order valence-electron chi connectivity index (χ2n) is 5.55. The molecule has 2 N–H and O–H groups in total. The molecule has 0 atom stereocenters. The van der Waals surface area contributed by atoms with Crippen LogP contribution >= 0.6 is 0 Å². The van der Waals surface area contributed by atoms with E-state index >= 15 is 0 Å². The molecule has 0 aliphatic carbocycles. The van der Waals surface area contributed by atoms with Crippen LogP contribution < -0.4 is 15.4 Å². The smallest absolute Gasteiger partial charge is 0.221 e. The predicted octanol–water partition coefficient (Wildman–Crippen LogP) is 3.31. The Morgan fingerprint density at radius 3 is 2.09 bits per heavy atom. The van der Waals surface area contributed by atoms with E-state index in [1.165, 1.54) is 0 Å². The average molecular weight is 320 g/mol. The van der Waals surface area contributed by atoms with Gasteiger partial charge in [0, 0.05) is 12.8 Å². The van der Waals surface area contributed by atoms with Gasteiger partial charge in [-0.15, -0.1) is 0 Å². The highest BCUT2D eigenvalue weighted by atomic mass is 16.5. The molecule has 0 aromatic heterocycles. The molecular weight excluding hydrogens is 292 g/mol. The van der Waals surface area contributed by atoms with Crippen molar-refractivity contribution in [3.05, 3.63) is 29.8 Å². The minimum atomic E-state index is -0.529. The Hall–Kier alpha value is -2.04. The number of ether oxygens (including phenoxy) is 1. The molecule has 5 heteroatoms. The van der Waals surface area contributed by atoms with E-state index in [-0.39, 0.29) is 11.8 Å². The maximum Gasteiger partial charge on any atom is 0.221 e. The van der Waals surface area contributed by atoms with E-state index < -0.39 is 6.17 Å². The van der Waals surface area contributed by atoms with E-state index in [0.717, 1.165) is 31.2 Å². The van der Waals surface area contributed by atoms with Gasteiger partial charge in [0.15, 0.2) is 0 Å². The number of rotatable bonds is 10. The summed E-state index contributed by atoms with van der Waals surface area (Å²) in [5, 5.41) is 5.80. The number of hydrogen-bond donors (Lipinski definition) is 2. The zero-order valence-electron chi connectivity index (χ0n) is 14.4. The van der Waals surface area contributed by atoms with Crippen LogP contribution in [-0.4, -0.2) is 18.9 Å². The number of carbonyl (C=O) groups is 2. The van der Waals surface area contributed by atoms with Gasteiger partial charge in [-0.3, -0.25) is 9.59 Å². The fraction of sp³-hybridized carbons (Fsp3) is 0.556. The summed E-state index contributed by atoms with van der Waals surface area (Å²) in [4.78, 5) is 24.1. The lowest BCUT2D eigenvalue weighted by atomic mass is 10.1. The molecule has 0 aliphatic heterocycles. The van der Waals surface area contributed by atoms with Gasteiger partial charge in [0.2, 0.25) is 11.8 Å². The normalized spacial score (nSPS) is 10.4. The SMILES string of the molecule is CCCCC(=O)NC(NC(=O)CCCC)c1cccc(OC)c1. The van der Waals surface area contributed by atoms with Crippen LogP contribution in [0.1, 0.15) is 64.1 Å². The second kappa shape index (κ2) is 10.6. The van der Waals surface area contributed by atoms with E-state index in [4.69, 9.17) is 4.74 Å². The third-order valence-electron chi connectivity index (χ3n) is 3.55. The van der Waals surface area contributed by atoms with Crippen molar-refractivity contribution in [2.75, 3.05) is 7.11 Å². The first-order valence-electron chi connectivity index (χ1n) is 8.33. The molecule has 0 saturated heterocycles. The summed E-state index contributed by atoms with van der Waals surface area (Å²) in [6, 6.07) is 7.37. The second-order valence-corrected chi connectivity index (χ2v) is 5.55. The van der Waals surface area contributed by atoms with Crippen molar-refractivity contribution in [3.8, 4) is 5.75 Å². The van der Waals surface area contributed by atoms with Crippen molar-refractivity contribution >= 4 is 11.8 Å². The first-order chi connectivity index (χ1) is 11.1. The van der Waals surface area contributed by atoms with Crippen molar-refractivity contribution < 1.29 is 14.3 Å². The first kappa shape index (κ1) is 19.0. The Bertz CT molecular complexity index is 481. The number of benzene rings is 1. The highest BCUT2D eigenvalue weighted by Gasteiger charge is 2.17. The van der Waals surface area contributed by atoms with Crippen LogP contribution in [0.3, 0.4) is 0 Å². The zero-order valence-corrected chi connectivity index (χ0v) is 14.4. The quantitative estimate of drug-likeness (QED) is 0.650. The third kappa shape index (κ3) is 7.17. The van der Waals surface area contributed by atoms with Crippen molar-refractivity contribution in [3.63, 3.8) is 0 Å². The lowest BCUT2D eigenvalue weighted by molar-refractivity contribution is -0.124. The predicted molar refractivity (Wildman–Crippen MR) is 91.1 cm³/mol. The molecule has 1 aromatic rings. The van der Waals surface area contributed by atoms with E-state index in [9.17, 15) is 9.59 Å². The minimum absolute atomic E-state index is 0.0598. The van der Waals surface area contributed by atoms with E-state index in [2.05, 4.69) is 10.6 Å². The Morgan fingerprint density at radius 2 is 1.61 bits per heavy atom. The number of nitrogens with one attached hydrogen (secondary N) is 2. The summed E-state index contributed by atoms with van der Waals surface area (Å²) in [6.07, 6.45) is 3.98. The maximum atomic E-state index is 12.0. The number of unbranched alkanes of at least 4 members (excludes halogenated alkanes) is 2. The summed E-state index contributed by atoms with van der Waals surface area (Å²) in [5.41, 5.74) is 0.805. The lowest BCUT2D eigenvalue weighted by Crippen LogP contribution is -2.41. The first-order valence-corrected chi connectivity index (χ1v) is 8.33. The zero-order chi connectivity index (χ0) is 17.1. The molecular formula is C18H28N2O3. The van der Waals surface area contributed by atoms with Gasteiger partial charge in [-0.1, -0.05) is 38.8 Å². The molecule has 1 rings (SSSR count). The highest BCUT2D eigenvalue weighted by Crippen LogP contribution is 2.18. The van der Waals surface area contributed by atoms with E-state index in [0.29, 0.717) is 18.6 Å². The van der Waals surface area contributed by atoms with Crippen LogP contribution in [0.2, 0.25) is 0 Å². The van der Waals surface area contributed by atoms with Gasteiger partial charge in [0.05, 0.1) is 7.11 Å². The maximum absolute atomic E-state index is 12.0. The van der Waals surface area contributed by atoms with Crippen LogP contribution in [0.4, 0.5) is 0 Å². The number of hydrogen-bond acceptors (Lipinski definition) is 3. The molecule has 1 aromatic carbocycles. The van der Waals surface area contributed by atoms with Crippen molar-refractivity contribution in [2.24, 2.45) is 0 Å². The number of carbonyl (C=O) groups excluding carboxylic acids is 2. The molecule has 0 aliphatic rings. The summed E-state index contributed by atoms with van der Waals surface area (Å²) < 4.78 is 5.22. The Balaban J connectivity index is 2.81. The van der Waals surface area contributed by atoms with Gasteiger partial charge >= 0.3 is 0 Å². The Morgan fingerprint density at radius 1 is 1.04 bits per heavy atom. The van der Waals surface area contributed by atoms with Crippen LogP contribution in [0, 0.1) is 0 Å². The fourth-order valence-electron chi connectivity index (χ4n) is 2.16. The Kier molecular flexibility index (Phi) is 8.80. The van der Waals surface area contributed by atoms with Crippen LogP contribution in [0.15, 0.2) is 24.3 Å². The molecule has 23 heavy (non-hydrogen) atoms. The number of methoxy groups -OCH3 is 1. The molecule has 0 spiro atoms. The van der Waals surface area contributed by atoms with Crippen LogP contribution in [0.25, 0.3) is 0 Å². The van der Waals surface area contributed by atoms with Crippen LogP contribution in [0.5, 0.6) is 5.75 Å². The molecule has 0 unspecified atom stereocenters. The molecule has 0 bridgehead atoms. The molecule has 0 radical (unpaired) electrons. The monoisotopic (exact) mass is 320 g/mol. The largest absolute Gasteiger partial charge is 0.497 e. The summed E-state index contributed by atoms with van der Waals surface area (Å²) >= 11 is 0. The van der Waals surface area contributed by atoms with Gasteiger partial charge in [-0.25, -0.2) is 0 Å². The molecule has 128 valence electrons. The van der Waals surface area contributed by atoms with Gasteiger partial charge in [0.25, 0.3) is 0 Å². The van der Waals surface area contributed by atoms with Crippen molar-refractivity contribution in [1.29, 1.82) is 0 Å². The standard InChI is InChI=1S/C18H28N2O3/c1-4-6-11-16(21)19-18(20-17(22)12-7-5-2)14-9-8-10-15(13-14)23-3/h8-10,13,18H,4-7,11-12H2,1-3H3,(H,19,21)(H,20,22). The van der Waals surface area contributed by atoms with Gasteiger partial charge < -0.3 is 15.4 Å². The molecule has 0 fully saturated rings.